The topological polar surface area (TPSA) is 138 Å². The number of aldehydes is 1. The first kappa shape index (κ1) is 24.0. The Morgan fingerprint density at radius 2 is 1.97 bits per heavy atom. The number of carboxylic acid groups (broad SMARTS) is 1. The predicted octanol–water partition coefficient (Wildman–Crippen LogP) is 0.499. The molecular formula is C23H30N4O7. The lowest BCUT2D eigenvalue weighted by Gasteiger charge is -2.32. The summed E-state index contributed by atoms with van der Waals surface area (Å²) in [5.74, 6) is 0.228. The number of carbonyl (C=O) groups excluding carboxylic acids is 3. The van der Waals surface area contributed by atoms with Gasteiger partial charge < -0.3 is 39.8 Å². The monoisotopic (exact) mass is 474 g/mol. The van der Waals surface area contributed by atoms with Crippen molar-refractivity contribution in [2.75, 3.05) is 26.8 Å². The lowest BCUT2D eigenvalue weighted by Crippen LogP contribution is -2.56. The van der Waals surface area contributed by atoms with E-state index in [0.717, 1.165) is 16.2 Å². The summed E-state index contributed by atoms with van der Waals surface area (Å²) < 4.78 is 11.5. The van der Waals surface area contributed by atoms with Gasteiger partial charge in [-0.3, -0.25) is 9.59 Å². The fourth-order valence-corrected chi connectivity index (χ4v) is 4.75. The molecule has 2 fully saturated rings. The summed E-state index contributed by atoms with van der Waals surface area (Å²) in [4.78, 5) is 51.6. The van der Waals surface area contributed by atoms with E-state index in [0.29, 0.717) is 45.2 Å². The number of hydrogen-bond donors (Lipinski definition) is 3. The maximum atomic E-state index is 13.4. The Bertz CT molecular complexity index is 942. The van der Waals surface area contributed by atoms with Crippen molar-refractivity contribution in [1.29, 1.82) is 0 Å². The highest BCUT2D eigenvalue weighted by Gasteiger charge is 2.45. The van der Waals surface area contributed by atoms with Gasteiger partial charge in [0.1, 0.15) is 30.3 Å². The molecule has 0 aliphatic carbocycles. The van der Waals surface area contributed by atoms with E-state index >= 15 is 0 Å². The second-order valence-electron chi connectivity index (χ2n) is 8.75. The molecule has 34 heavy (non-hydrogen) atoms. The molecule has 0 unspecified atom stereocenters. The molecule has 0 radical (unpaired) electrons. The van der Waals surface area contributed by atoms with Gasteiger partial charge in [-0.05, 0) is 25.3 Å². The van der Waals surface area contributed by atoms with Crippen LogP contribution in [0.2, 0.25) is 0 Å². The van der Waals surface area contributed by atoms with E-state index in [4.69, 9.17) is 14.6 Å². The largest absolute Gasteiger partial charge is 0.493 e. The molecule has 1 aromatic rings. The Balaban J connectivity index is 1.43. The van der Waals surface area contributed by atoms with E-state index in [1.165, 1.54) is 11.9 Å². The maximum absolute atomic E-state index is 13.4. The van der Waals surface area contributed by atoms with Gasteiger partial charge in [0, 0.05) is 25.6 Å². The van der Waals surface area contributed by atoms with Crippen LogP contribution in [0, 0.1) is 0 Å². The van der Waals surface area contributed by atoms with E-state index in [2.05, 4.69) is 10.6 Å². The fourth-order valence-electron chi connectivity index (χ4n) is 4.75. The molecule has 3 N–H and O–H groups in total. The van der Waals surface area contributed by atoms with E-state index in [1.807, 2.05) is 24.3 Å². The summed E-state index contributed by atoms with van der Waals surface area (Å²) in [5.41, 5.74) is 0.914. The smallest absolute Gasteiger partial charge is 0.407 e. The molecule has 3 amide bonds. The minimum Gasteiger partial charge on any atom is -0.493 e. The first-order valence-corrected chi connectivity index (χ1v) is 11.5. The molecule has 3 aliphatic heterocycles. The second-order valence-corrected chi connectivity index (χ2v) is 8.75. The quantitative estimate of drug-likeness (QED) is 0.486. The molecule has 11 nitrogen and oxygen atoms in total. The molecular weight excluding hydrogens is 444 g/mol. The number of amides is 3. The number of likely N-dealkylation sites (N-methyl/N-ethyl adjacent to an activating group) is 1. The molecule has 3 aliphatic rings. The lowest BCUT2D eigenvalue weighted by atomic mass is 10.00. The summed E-state index contributed by atoms with van der Waals surface area (Å²) in [6.07, 6.45) is 0.839. The second kappa shape index (κ2) is 10.4. The Hall–Kier alpha value is -3.18. The molecule has 0 aromatic heterocycles. The van der Waals surface area contributed by atoms with E-state index < -0.39 is 30.4 Å². The van der Waals surface area contributed by atoms with Crippen molar-refractivity contribution < 1.29 is 33.8 Å². The maximum Gasteiger partial charge on any atom is 0.407 e. The van der Waals surface area contributed by atoms with Crippen LogP contribution in [0.3, 0.4) is 0 Å². The third kappa shape index (κ3) is 4.85. The number of carbonyl (C=O) groups is 4. The summed E-state index contributed by atoms with van der Waals surface area (Å²) in [7, 11) is 1.30. The standard InChI is InChI=1S/C23H30N4O7/c1-26(23(31)32)14(13-28)12-24-17-9-11-34-20-7-6-18(27(20)22(17)30)21(29)25-16-8-10-33-19-5-3-2-4-15(16)19/h2-5,13-14,16-18,20,24H,6-12H2,1H3,(H,25,29)(H,31,32)/t14-,16+,17-,18-,20-/m0/s1. The van der Waals surface area contributed by atoms with Gasteiger partial charge in [-0.15, -0.1) is 0 Å². The fraction of sp³-hybridized carbons (Fsp3) is 0.565. The number of ether oxygens (including phenoxy) is 2. The normalized spacial score (nSPS) is 27.0. The number of fused-ring (bicyclic) bond motifs is 2. The Morgan fingerprint density at radius 1 is 1.21 bits per heavy atom. The average Bonchev–Trinajstić information content (AvgIpc) is 3.20. The number of nitrogens with zero attached hydrogens (tertiary/aromatic N) is 2. The minimum absolute atomic E-state index is 0.0169. The zero-order valence-corrected chi connectivity index (χ0v) is 19.0. The van der Waals surface area contributed by atoms with E-state index in [9.17, 15) is 19.2 Å². The first-order chi connectivity index (χ1) is 16.4. The van der Waals surface area contributed by atoms with Crippen LogP contribution in [0.5, 0.6) is 5.75 Å². The lowest BCUT2D eigenvalue weighted by molar-refractivity contribution is -0.148. The van der Waals surface area contributed by atoms with Gasteiger partial charge in [-0.2, -0.15) is 0 Å². The molecule has 2 saturated heterocycles. The number of nitrogens with one attached hydrogen (secondary N) is 2. The molecule has 184 valence electrons. The molecule has 3 heterocycles. The van der Waals surface area contributed by atoms with Crippen molar-refractivity contribution >= 4 is 24.2 Å². The van der Waals surface area contributed by atoms with Gasteiger partial charge in [0.2, 0.25) is 11.8 Å². The summed E-state index contributed by atoms with van der Waals surface area (Å²) >= 11 is 0. The number of rotatable bonds is 7. The van der Waals surface area contributed by atoms with Crippen LogP contribution in [0.25, 0.3) is 0 Å². The van der Waals surface area contributed by atoms with Crippen molar-refractivity contribution in [3.8, 4) is 5.75 Å². The van der Waals surface area contributed by atoms with Crippen LogP contribution in [-0.2, 0) is 19.1 Å². The highest BCUT2D eigenvalue weighted by molar-refractivity contribution is 5.91. The highest BCUT2D eigenvalue weighted by Crippen LogP contribution is 2.33. The summed E-state index contributed by atoms with van der Waals surface area (Å²) in [6.45, 7) is 0.791. The summed E-state index contributed by atoms with van der Waals surface area (Å²) in [6, 6.07) is 5.09. The van der Waals surface area contributed by atoms with Crippen molar-refractivity contribution in [3.05, 3.63) is 29.8 Å². The van der Waals surface area contributed by atoms with Gasteiger partial charge in [-0.25, -0.2) is 4.79 Å². The Kier molecular flexibility index (Phi) is 7.32. The van der Waals surface area contributed by atoms with Gasteiger partial charge in [-0.1, -0.05) is 18.2 Å². The molecule has 0 bridgehead atoms. The van der Waals surface area contributed by atoms with Crippen LogP contribution in [0.4, 0.5) is 4.79 Å². The molecule has 11 heteroatoms. The van der Waals surface area contributed by atoms with E-state index in [-0.39, 0.29) is 24.4 Å². The zero-order chi connectivity index (χ0) is 24.2. The SMILES string of the molecule is CN(C(=O)O)[C@H](C=O)CN[C@H]1CCO[C@H]2CC[C@@H](C(=O)N[C@@H]3CCOc4ccccc43)N2C1=O. The number of hydrogen-bond acceptors (Lipinski definition) is 7. The van der Waals surface area contributed by atoms with Gasteiger partial charge in [0.25, 0.3) is 0 Å². The van der Waals surface area contributed by atoms with Crippen LogP contribution >= 0.6 is 0 Å². The number of para-hydroxylation sites is 1. The number of benzene rings is 1. The highest BCUT2D eigenvalue weighted by atomic mass is 16.5. The zero-order valence-electron chi connectivity index (χ0n) is 19.0. The molecule has 5 atom stereocenters. The predicted molar refractivity (Wildman–Crippen MR) is 119 cm³/mol. The Labute approximate surface area is 197 Å². The molecule has 4 rings (SSSR count). The van der Waals surface area contributed by atoms with Crippen LogP contribution in [-0.4, -0.2) is 90.3 Å². The average molecular weight is 475 g/mol. The van der Waals surface area contributed by atoms with Crippen molar-refractivity contribution in [1.82, 2.24) is 20.4 Å². The third-order valence-electron chi connectivity index (χ3n) is 6.71. The summed E-state index contributed by atoms with van der Waals surface area (Å²) in [5, 5.41) is 15.2. The van der Waals surface area contributed by atoms with Gasteiger partial charge in [0.15, 0.2) is 0 Å². The molecule has 1 aromatic carbocycles. The van der Waals surface area contributed by atoms with E-state index in [1.54, 1.807) is 0 Å². The van der Waals surface area contributed by atoms with Gasteiger partial charge >= 0.3 is 6.09 Å². The molecule has 0 spiro atoms. The van der Waals surface area contributed by atoms with Crippen LogP contribution in [0.1, 0.15) is 37.3 Å². The van der Waals surface area contributed by atoms with Crippen LogP contribution in [0.15, 0.2) is 24.3 Å². The van der Waals surface area contributed by atoms with Gasteiger partial charge in [0.05, 0.1) is 25.3 Å². The minimum atomic E-state index is -1.24. The van der Waals surface area contributed by atoms with Crippen molar-refractivity contribution in [2.24, 2.45) is 0 Å². The van der Waals surface area contributed by atoms with Crippen LogP contribution < -0.4 is 15.4 Å². The Morgan fingerprint density at radius 3 is 2.74 bits per heavy atom. The van der Waals surface area contributed by atoms with Crippen molar-refractivity contribution in [2.45, 2.75) is 56.1 Å². The third-order valence-corrected chi connectivity index (χ3v) is 6.71. The molecule has 0 saturated carbocycles. The first-order valence-electron chi connectivity index (χ1n) is 11.5. The van der Waals surface area contributed by atoms with Crippen molar-refractivity contribution in [3.63, 3.8) is 0 Å².